The van der Waals surface area contributed by atoms with Crippen LogP contribution in [0.4, 0.5) is 0 Å². The molecule has 2 aromatic rings. The van der Waals surface area contributed by atoms with Crippen molar-refractivity contribution in [1.29, 1.82) is 0 Å². The molecule has 0 aliphatic heterocycles. The van der Waals surface area contributed by atoms with Crippen LogP contribution in [0.5, 0.6) is 5.75 Å². The summed E-state index contributed by atoms with van der Waals surface area (Å²) in [6, 6.07) is 9.84. The molecule has 1 aromatic heterocycles. The van der Waals surface area contributed by atoms with E-state index in [-0.39, 0.29) is 6.04 Å². The lowest BCUT2D eigenvalue weighted by atomic mass is 10.1. The third kappa shape index (κ3) is 3.69. The van der Waals surface area contributed by atoms with E-state index in [4.69, 9.17) is 16.3 Å². The van der Waals surface area contributed by atoms with Gasteiger partial charge in [-0.25, -0.2) is 0 Å². The topological polar surface area (TPSA) is 34.1 Å². The van der Waals surface area contributed by atoms with E-state index in [0.29, 0.717) is 11.6 Å². The Bertz CT molecular complexity index is 531. The van der Waals surface area contributed by atoms with Crippen molar-refractivity contribution in [2.24, 2.45) is 0 Å². The molecular weight excluding hydrogens is 260 g/mol. The fourth-order valence-electron chi connectivity index (χ4n) is 1.90. The molecule has 0 unspecified atom stereocenters. The highest BCUT2D eigenvalue weighted by atomic mass is 35.5. The molecule has 0 saturated heterocycles. The van der Waals surface area contributed by atoms with Crippen molar-refractivity contribution in [3.8, 4) is 5.75 Å². The van der Waals surface area contributed by atoms with E-state index in [1.54, 1.807) is 13.3 Å². The van der Waals surface area contributed by atoms with Gasteiger partial charge in [0.15, 0.2) is 0 Å². The van der Waals surface area contributed by atoms with E-state index < -0.39 is 0 Å². The second kappa shape index (κ2) is 6.55. The van der Waals surface area contributed by atoms with E-state index >= 15 is 0 Å². The number of nitrogens with one attached hydrogen (secondary N) is 1. The van der Waals surface area contributed by atoms with Crippen molar-refractivity contribution in [2.75, 3.05) is 7.11 Å². The smallest absolute Gasteiger partial charge is 0.123 e. The zero-order valence-electron chi connectivity index (χ0n) is 11.1. The first-order valence-electron chi connectivity index (χ1n) is 6.16. The molecule has 0 bridgehead atoms. The molecule has 0 fully saturated rings. The maximum atomic E-state index is 6.01. The second-order valence-corrected chi connectivity index (χ2v) is 4.78. The summed E-state index contributed by atoms with van der Waals surface area (Å²) in [7, 11) is 1.66. The Morgan fingerprint density at radius 2 is 2.21 bits per heavy atom. The predicted octanol–water partition coefficient (Wildman–Crippen LogP) is 3.59. The summed E-state index contributed by atoms with van der Waals surface area (Å²) >= 11 is 6.01. The molecular formula is C15H17ClN2O. The molecule has 1 N–H and O–H groups in total. The van der Waals surface area contributed by atoms with Gasteiger partial charge in [-0.15, -0.1) is 0 Å². The second-order valence-electron chi connectivity index (χ2n) is 4.35. The number of hydrogen-bond acceptors (Lipinski definition) is 3. The van der Waals surface area contributed by atoms with Crippen molar-refractivity contribution in [3.05, 3.63) is 58.9 Å². The summed E-state index contributed by atoms with van der Waals surface area (Å²) in [5, 5.41) is 4.15. The normalized spacial score (nSPS) is 12.2. The van der Waals surface area contributed by atoms with Crippen LogP contribution in [-0.2, 0) is 6.54 Å². The first-order chi connectivity index (χ1) is 9.20. The van der Waals surface area contributed by atoms with E-state index in [0.717, 1.165) is 16.9 Å². The number of benzene rings is 1. The number of aromatic nitrogens is 1. The van der Waals surface area contributed by atoms with Gasteiger partial charge < -0.3 is 10.1 Å². The van der Waals surface area contributed by atoms with Crippen LogP contribution in [0, 0.1) is 0 Å². The SMILES string of the molecule is COc1ccc(Cl)cc1CN[C@H](C)c1cccnc1. The number of ether oxygens (including phenoxy) is 1. The summed E-state index contributed by atoms with van der Waals surface area (Å²) in [6.07, 6.45) is 3.64. The van der Waals surface area contributed by atoms with Crippen LogP contribution in [0.3, 0.4) is 0 Å². The Labute approximate surface area is 118 Å². The lowest BCUT2D eigenvalue weighted by Gasteiger charge is -2.15. The molecule has 19 heavy (non-hydrogen) atoms. The summed E-state index contributed by atoms with van der Waals surface area (Å²) in [5.41, 5.74) is 2.20. The molecule has 3 nitrogen and oxygen atoms in total. The average Bonchev–Trinajstić information content (AvgIpc) is 2.46. The van der Waals surface area contributed by atoms with Gasteiger partial charge in [0.05, 0.1) is 7.11 Å². The number of rotatable bonds is 5. The van der Waals surface area contributed by atoms with Gasteiger partial charge in [0.1, 0.15) is 5.75 Å². The van der Waals surface area contributed by atoms with Crippen molar-refractivity contribution in [1.82, 2.24) is 10.3 Å². The fourth-order valence-corrected chi connectivity index (χ4v) is 2.09. The zero-order chi connectivity index (χ0) is 13.7. The third-order valence-electron chi connectivity index (χ3n) is 3.03. The van der Waals surface area contributed by atoms with Gasteiger partial charge in [0.25, 0.3) is 0 Å². The highest BCUT2D eigenvalue weighted by Gasteiger charge is 2.08. The van der Waals surface area contributed by atoms with Gasteiger partial charge >= 0.3 is 0 Å². The Kier molecular flexibility index (Phi) is 4.77. The summed E-state index contributed by atoms with van der Waals surface area (Å²) in [6.45, 7) is 2.80. The van der Waals surface area contributed by atoms with Gasteiger partial charge in [-0.05, 0) is 36.8 Å². The van der Waals surface area contributed by atoms with Crippen molar-refractivity contribution in [2.45, 2.75) is 19.5 Å². The van der Waals surface area contributed by atoms with Crippen molar-refractivity contribution < 1.29 is 4.74 Å². The summed E-state index contributed by atoms with van der Waals surface area (Å²) in [5.74, 6) is 0.843. The number of halogens is 1. The highest BCUT2D eigenvalue weighted by molar-refractivity contribution is 6.30. The van der Waals surface area contributed by atoms with Gasteiger partial charge in [-0.1, -0.05) is 17.7 Å². The molecule has 0 saturated carbocycles. The quantitative estimate of drug-likeness (QED) is 0.906. The first-order valence-corrected chi connectivity index (χ1v) is 6.54. The van der Waals surface area contributed by atoms with Crippen LogP contribution < -0.4 is 10.1 Å². The zero-order valence-corrected chi connectivity index (χ0v) is 11.8. The lowest BCUT2D eigenvalue weighted by Crippen LogP contribution is -2.18. The van der Waals surface area contributed by atoms with Crippen LogP contribution in [0.25, 0.3) is 0 Å². The summed E-state index contributed by atoms with van der Waals surface area (Å²) < 4.78 is 5.33. The van der Waals surface area contributed by atoms with Crippen molar-refractivity contribution in [3.63, 3.8) is 0 Å². The molecule has 4 heteroatoms. The molecule has 0 amide bonds. The minimum Gasteiger partial charge on any atom is -0.496 e. The van der Waals surface area contributed by atoms with Crippen LogP contribution >= 0.6 is 11.6 Å². The van der Waals surface area contributed by atoms with Crippen LogP contribution in [0.15, 0.2) is 42.7 Å². The fraction of sp³-hybridized carbons (Fsp3) is 0.267. The Hall–Kier alpha value is -1.58. The van der Waals surface area contributed by atoms with E-state index in [1.165, 1.54) is 0 Å². The first kappa shape index (κ1) is 13.8. The van der Waals surface area contributed by atoms with E-state index in [2.05, 4.69) is 23.3 Å². The third-order valence-corrected chi connectivity index (χ3v) is 3.26. The summed E-state index contributed by atoms with van der Waals surface area (Å²) in [4.78, 5) is 4.12. The van der Waals surface area contributed by atoms with Crippen molar-refractivity contribution >= 4 is 11.6 Å². The van der Waals surface area contributed by atoms with Gasteiger partial charge in [-0.3, -0.25) is 4.98 Å². The van der Waals surface area contributed by atoms with Gasteiger partial charge in [0, 0.05) is 35.6 Å². The minimum atomic E-state index is 0.220. The standard InChI is InChI=1S/C15H17ClN2O/c1-11(12-4-3-7-17-9-12)18-10-13-8-14(16)5-6-15(13)19-2/h3-9,11,18H,10H2,1-2H3/t11-/m1/s1. The molecule has 1 atom stereocenters. The monoisotopic (exact) mass is 276 g/mol. The number of nitrogens with zero attached hydrogens (tertiary/aromatic N) is 1. The van der Waals surface area contributed by atoms with Gasteiger partial charge in [-0.2, -0.15) is 0 Å². The number of pyridine rings is 1. The van der Waals surface area contributed by atoms with Crippen LogP contribution in [0.2, 0.25) is 5.02 Å². The predicted molar refractivity (Wildman–Crippen MR) is 77.5 cm³/mol. The van der Waals surface area contributed by atoms with Crippen LogP contribution in [0.1, 0.15) is 24.1 Å². The molecule has 0 aliphatic carbocycles. The minimum absolute atomic E-state index is 0.220. The average molecular weight is 277 g/mol. The maximum Gasteiger partial charge on any atom is 0.123 e. The number of methoxy groups -OCH3 is 1. The molecule has 0 radical (unpaired) electrons. The molecule has 2 rings (SSSR count). The van der Waals surface area contributed by atoms with Gasteiger partial charge in [0.2, 0.25) is 0 Å². The maximum absolute atomic E-state index is 6.01. The Balaban J connectivity index is 2.04. The number of hydrogen-bond donors (Lipinski definition) is 1. The molecule has 100 valence electrons. The molecule has 0 spiro atoms. The van der Waals surface area contributed by atoms with E-state index in [9.17, 15) is 0 Å². The largest absolute Gasteiger partial charge is 0.496 e. The molecule has 0 aliphatic rings. The van der Waals surface area contributed by atoms with Crippen LogP contribution in [-0.4, -0.2) is 12.1 Å². The Morgan fingerprint density at radius 3 is 2.89 bits per heavy atom. The van der Waals surface area contributed by atoms with E-state index in [1.807, 2.05) is 30.5 Å². The molecule has 1 heterocycles. The highest BCUT2D eigenvalue weighted by Crippen LogP contribution is 2.23. The lowest BCUT2D eigenvalue weighted by molar-refractivity contribution is 0.406. The Morgan fingerprint density at radius 1 is 1.37 bits per heavy atom. The molecule has 1 aromatic carbocycles.